The summed E-state index contributed by atoms with van der Waals surface area (Å²) >= 11 is 5.95. The Kier molecular flexibility index (Phi) is 7.28. The van der Waals surface area contributed by atoms with E-state index in [2.05, 4.69) is 0 Å². The standard InChI is InChI=1S/C27H21ClN2O6S/c1-18(16-26(31)36-2)27-22-10-6-7-11-23(22)29(37(34,35)21-8-4-3-5-9-21)24(27)15-13-19-12-14-20(28)17-25(19)30(32)33/h3-17H,1-2H3/b15-13+,18-16+. The lowest BCUT2D eigenvalue weighted by Gasteiger charge is -2.11. The minimum absolute atomic E-state index is 0.0593. The number of halogens is 1. The van der Waals surface area contributed by atoms with Gasteiger partial charge in [0.2, 0.25) is 0 Å². The van der Waals surface area contributed by atoms with E-state index in [1.807, 2.05) is 0 Å². The summed E-state index contributed by atoms with van der Waals surface area (Å²) in [5, 5.41) is 12.4. The highest BCUT2D eigenvalue weighted by Crippen LogP contribution is 2.36. The van der Waals surface area contributed by atoms with Crippen molar-refractivity contribution in [1.29, 1.82) is 0 Å². The molecule has 188 valence electrons. The van der Waals surface area contributed by atoms with E-state index >= 15 is 0 Å². The van der Waals surface area contributed by atoms with Crippen LogP contribution in [-0.4, -0.2) is 30.4 Å². The van der Waals surface area contributed by atoms with Crippen molar-refractivity contribution in [2.75, 3.05) is 7.11 Å². The molecule has 37 heavy (non-hydrogen) atoms. The fraction of sp³-hybridized carbons (Fsp3) is 0.0741. The summed E-state index contributed by atoms with van der Waals surface area (Å²) in [6.07, 6.45) is 4.21. The van der Waals surface area contributed by atoms with E-state index in [4.69, 9.17) is 16.3 Å². The summed E-state index contributed by atoms with van der Waals surface area (Å²) in [6.45, 7) is 1.67. The van der Waals surface area contributed by atoms with Crippen molar-refractivity contribution in [2.24, 2.45) is 0 Å². The molecule has 0 saturated carbocycles. The molecule has 0 saturated heterocycles. The lowest BCUT2D eigenvalue weighted by molar-refractivity contribution is -0.385. The van der Waals surface area contributed by atoms with E-state index in [1.165, 1.54) is 59.6 Å². The largest absolute Gasteiger partial charge is 0.466 e. The van der Waals surface area contributed by atoms with Crippen LogP contribution in [0.15, 0.2) is 83.8 Å². The number of nitrogens with zero attached hydrogens (tertiary/aromatic N) is 2. The first-order valence-electron chi connectivity index (χ1n) is 11.0. The molecule has 0 atom stereocenters. The van der Waals surface area contributed by atoms with Crippen LogP contribution in [0, 0.1) is 10.1 Å². The van der Waals surface area contributed by atoms with Gasteiger partial charge in [0, 0.05) is 28.1 Å². The van der Waals surface area contributed by atoms with Crippen molar-refractivity contribution in [3.8, 4) is 0 Å². The molecule has 3 aromatic carbocycles. The van der Waals surface area contributed by atoms with Gasteiger partial charge in [-0.3, -0.25) is 10.1 Å². The van der Waals surface area contributed by atoms with E-state index in [0.717, 1.165) is 0 Å². The van der Waals surface area contributed by atoms with Crippen LogP contribution >= 0.6 is 11.6 Å². The molecule has 0 aliphatic carbocycles. The molecular weight excluding hydrogens is 516 g/mol. The number of carbonyl (C=O) groups is 1. The van der Waals surface area contributed by atoms with Crippen LogP contribution in [0.3, 0.4) is 0 Å². The summed E-state index contributed by atoms with van der Waals surface area (Å²) in [6, 6.07) is 19.0. The maximum atomic E-state index is 13.9. The fourth-order valence-corrected chi connectivity index (χ4v) is 5.75. The Bertz CT molecular complexity index is 1690. The van der Waals surface area contributed by atoms with Crippen molar-refractivity contribution in [1.82, 2.24) is 3.97 Å². The quantitative estimate of drug-likeness (QED) is 0.121. The minimum atomic E-state index is -4.11. The van der Waals surface area contributed by atoms with Gasteiger partial charge in [-0.25, -0.2) is 17.2 Å². The zero-order chi connectivity index (χ0) is 26.7. The molecule has 0 amide bonds. The molecule has 0 bridgehead atoms. The number of hydrogen-bond acceptors (Lipinski definition) is 6. The third-order valence-corrected chi connectivity index (χ3v) is 7.67. The van der Waals surface area contributed by atoms with Crippen LogP contribution in [0.1, 0.15) is 23.7 Å². The van der Waals surface area contributed by atoms with Gasteiger partial charge in [0.25, 0.3) is 15.7 Å². The molecule has 0 radical (unpaired) electrons. The molecule has 0 spiro atoms. The van der Waals surface area contributed by atoms with Gasteiger partial charge in [-0.1, -0.05) is 48.0 Å². The molecule has 10 heteroatoms. The number of benzene rings is 3. The van der Waals surface area contributed by atoms with Gasteiger partial charge in [-0.2, -0.15) is 0 Å². The van der Waals surface area contributed by atoms with E-state index in [1.54, 1.807) is 49.4 Å². The number of carbonyl (C=O) groups excluding carboxylic acids is 1. The monoisotopic (exact) mass is 536 g/mol. The normalized spacial score (nSPS) is 12.2. The number of ether oxygens (including phenoxy) is 1. The molecule has 0 N–H and O–H groups in total. The van der Waals surface area contributed by atoms with Crippen LogP contribution < -0.4 is 0 Å². The molecule has 8 nitrogen and oxygen atoms in total. The van der Waals surface area contributed by atoms with Gasteiger partial charge < -0.3 is 4.74 Å². The Hall–Kier alpha value is -4.21. The van der Waals surface area contributed by atoms with Crippen LogP contribution in [-0.2, 0) is 19.6 Å². The number of nitro groups is 1. The molecule has 0 unspecified atom stereocenters. The molecule has 4 rings (SSSR count). The zero-order valence-electron chi connectivity index (χ0n) is 19.8. The molecule has 4 aromatic rings. The van der Waals surface area contributed by atoms with E-state index in [0.29, 0.717) is 22.0 Å². The summed E-state index contributed by atoms with van der Waals surface area (Å²) in [7, 11) is -2.87. The van der Waals surface area contributed by atoms with Gasteiger partial charge in [0.15, 0.2) is 0 Å². The number of para-hydroxylation sites is 1. The average molecular weight is 537 g/mol. The van der Waals surface area contributed by atoms with Gasteiger partial charge in [0.1, 0.15) is 0 Å². The predicted molar refractivity (Wildman–Crippen MR) is 144 cm³/mol. The Morgan fingerprint density at radius 3 is 2.38 bits per heavy atom. The fourth-order valence-electron chi connectivity index (χ4n) is 4.05. The van der Waals surface area contributed by atoms with Crippen molar-refractivity contribution in [2.45, 2.75) is 11.8 Å². The Morgan fingerprint density at radius 2 is 1.70 bits per heavy atom. The van der Waals surface area contributed by atoms with Crippen molar-refractivity contribution < 1.29 is 22.9 Å². The number of nitro benzene ring substituents is 1. The van der Waals surface area contributed by atoms with Gasteiger partial charge in [-0.15, -0.1) is 0 Å². The molecule has 1 aromatic heterocycles. The number of esters is 1. The van der Waals surface area contributed by atoms with Gasteiger partial charge >= 0.3 is 5.97 Å². The second-order valence-corrected chi connectivity index (χ2v) is 10.2. The number of methoxy groups -OCH3 is 1. The van der Waals surface area contributed by atoms with E-state index < -0.39 is 20.9 Å². The Morgan fingerprint density at radius 1 is 1.03 bits per heavy atom. The first-order chi connectivity index (χ1) is 17.6. The van der Waals surface area contributed by atoms with Gasteiger partial charge in [-0.05, 0) is 55.0 Å². The molecular formula is C27H21ClN2O6S. The van der Waals surface area contributed by atoms with E-state index in [-0.39, 0.29) is 26.9 Å². The van der Waals surface area contributed by atoms with Crippen LogP contribution in [0.25, 0.3) is 28.6 Å². The van der Waals surface area contributed by atoms with Crippen LogP contribution in [0.5, 0.6) is 0 Å². The third-order valence-electron chi connectivity index (χ3n) is 5.69. The second-order valence-electron chi connectivity index (χ2n) is 8.00. The number of aromatic nitrogens is 1. The summed E-state index contributed by atoms with van der Waals surface area (Å²) in [4.78, 5) is 23.2. The minimum Gasteiger partial charge on any atom is -0.466 e. The summed E-state index contributed by atoms with van der Waals surface area (Å²) in [5.41, 5.74) is 1.50. The second kappa shape index (κ2) is 10.4. The highest BCUT2D eigenvalue weighted by Gasteiger charge is 2.27. The topological polar surface area (TPSA) is 109 Å². The SMILES string of the molecule is COC(=O)/C=C(\C)c1c(/C=C/c2ccc(Cl)cc2[N+](=O)[O-])n(S(=O)(=O)c2ccccc2)c2ccccc12. The predicted octanol–water partition coefficient (Wildman–Crippen LogP) is 6.19. The zero-order valence-corrected chi connectivity index (χ0v) is 21.4. The molecule has 0 fully saturated rings. The molecule has 0 aliphatic heterocycles. The maximum absolute atomic E-state index is 13.9. The van der Waals surface area contributed by atoms with Gasteiger partial charge in [0.05, 0.1) is 33.7 Å². The molecule has 1 heterocycles. The number of allylic oxidation sites excluding steroid dienone is 1. The molecule has 0 aliphatic rings. The highest BCUT2D eigenvalue weighted by atomic mass is 35.5. The van der Waals surface area contributed by atoms with Crippen LogP contribution in [0.2, 0.25) is 5.02 Å². The summed E-state index contributed by atoms with van der Waals surface area (Å²) in [5.74, 6) is -0.608. The van der Waals surface area contributed by atoms with E-state index in [9.17, 15) is 23.3 Å². The number of hydrogen-bond donors (Lipinski definition) is 0. The Balaban J connectivity index is 2.08. The van der Waals surface area contributed by atoms with Crippen molar-refractivity contribution >= 4 is 61.9 Å². The smallest absolute Gasteiger partial charge is 0.330 e. The first kappa shape index (κ1) is 25.9. The average Bonchev–Trinajstić information content (AvgIpc) is 3.23. The highest BCUT2D eigenvalue weighted by molar-refractivity contribution is 7.90. The summed E-state index contributed by atoms with van der Waals surface area (Å²) < 4.78 is 33.8. The lowest BCUT2D eigenvalue weighted by atomic mass is 10.0. The van der Waals surface area contributed by atoms with Crippen molar-refractivity contribution in [3.05, 3.63) is 111 Å². The maximum Gasteiger partial charge on any atom is 0.330 e. The van der Waals surface area contributed by atoms with Crippen LogP contribution in [0.4, 0.5) is 5.69 Å². The number of fused-ring (bicyclic) bond motifs is 1. The Labute approximate surface area is 218 Å². The lowest BCUT2D eigenvalue weighted by Crippen LogP contribution is -2.14. The third kappa shape index (κ3) is 5.04. The first-order valence-corrected chi connectivity index (χ1v) is 12.8. The van der Waals surface area contributed by atoms with Crippen molar-refractivity contribution in [3.63, 3.8) is 0 Å². The number of rotatable bonds is 7.